The smallest absolute Gasteiger partial charge is 0.222 e. The third kappa shape index (κ3) is 2.38. The Labute approximate surface area is 101 Å². The van der Waals surface area contributed by atoms with Gasteiger partial charge in [0.15, 0.2) is 5.65 Å². The number of nitrogen functional groups attached to an aromatic ring is 1. The molecule has 0 aliphatic rings. The normalized spacial score (nSPS) is 12.2. The van der Waals surface area contributed by atoms with Crippen LogP contribution < -0.4 is 5.73 Å². The molecule has 0 bridgehead atoms. The summed E-state index contributed by atoms with van der Waals surface area (Å²) in [4.78, 5) is 13.0. The summed E-state index contributed by atoms with van der Waals surface area (Å²) in [7, 11) is 0. The van der Waals surface area contributed by atoms with Gasteiger partial charge in [0.05, 0.1) is 12.0 Å². The van der Waals surface area contributed by atoms with Gasteiger partial charge in [-0.1, -0.05) is 20.8 Å². The van der Waals surface area contributed by atoms with Gasteiger partial charge in [-0.05, 0) is 18.8 Å². The number of aromatic nitrogens is 4. The van der Waals surface area contributed by atoms with E-state index in [0.717, 1.165) is 29.8 Å². The number of hydrogen-bond donors (Lipinski definition) is 1. The molecule has 0 aromatic carbocycles. The van der Waals surface area contributed by atoms with Crippen LogP contribution in [0.3, 0.4) is 0 Å². The lowest BCUT2D eigenvalue weighted by molar-refractivity contribution is 0.408. The van der Waals surface area contributed by atoms with Gasteiger partial charge in [-0.2, -0.15) is 4.98 Å². The SMILES string of the molecule is CCn1cnc2c(CC(C)(C)C)nc(N)nc21. The molecule has 5 heteroatoms. The summed E-state index contributed by atoms with van der Waals surface area (Å²) < 4.78 is 1.99. The van der Waals surface area contributed by atoms with Crippen molar-refractivity contribution in [3.8, 4) is 0 Å². The van der Waals surface area contributed by atoms with Crippen molar-refractivity contribution in [2.75, 3.05) is 5.73 Å². The van der Waals surface area contributed by atoms with E-state index in [9.17, 15) is 0 Å². The van der Waals surface area contributed by atoms with Gasteiger partial charge < -0.3 is 10.3 Å². The molecule has 0 aliphatic heterocycles. The van der Waals surface area contributed by atoms with Gasteiger partial charge in [-0.25, -0.2) is 9.97 Å². The Kier molecular flexibility index (Phi) is 2.77. The highest BCUT2D eigenvalue weighted by molar-refractivity contribution is 5.74. The Morgan fingerprint density at radius 3 is 2.59 bits per heavy atom. The van der Waals surface area contributed by atoms with Crippen molar-refractivity contribution in [3.63, 3.8) is 0 Å². The number of rotatable bonds is 2. The predicted octanol–water partition coefficient (Wildman–Crippen LogP) is 2.02. The molecule has 2 rings (SSSR count). The Hall–Kier alpha value is -1.65. The van der Waals surface area contributed by atoms with Gasteiger partial charge in [0, 0.05) is 6.54 Å². The van der Waals surface area contributed by atoms with E-state index in [4.69, 9.17) is 5.73 Å². The van der Waals surface area contributed by atoms with Gasteiger partial charge in [0.2, 0.25) is 5.95 Å². The lowest BCUT2D eigenvalue weighted by atomic mass is 9.90. The van der Waals surface area contributed by atoms with Crippen molar-refractivity contribution in [2.24, 2.45) is 5.41 Å². The number of imidazole rings is 1. The summed E-state index contributed by atoms with van der Waals surface area (Å²) in [5.74, 6) is 0.326. The van der Waals surface area contributed by atoms with E-state index >= 15 is 0 Å². The number of fused-ring (bicyclic) bond motifs is 1. The summed E-state index contributed by atoms with van der Waals surface area (Å²) >= 11 is 0. The van der Waals surface area contributed by atoms with E-state index in [0.29, 0.717) is 5.95 Å². The van der Waals surface area contributed by atoms with Crippen molar-refractivity contribution in [3.05, 3.63) is 12.0 Å². The fraction of sp³-hybridized carbons (Fsp3) is 0.583. The van der Waals surface area contributed by atoms with E-state index in [-0.39, 0.29) is 5.41 Å². The van der Waals surface area contributed by atoms with Gasteiger partial charge >= 0.3 is 0 Å². The summed E-state index contributed by atoms with van der Waals surface area (Å²) in [6, 6.07) is 0. The Bertz CT molecular complexity index is 536. The van der Waals surface area contributed by atoms with Gasteiger partial charge in [-0.15, -0.1) is 0 Å². The maximum absolute atomic E-state index is 5.76. The van der Waals surface area contributed by atoms with Crippen LogP contribution >= 0.6 is 0 Å². The first-order valence-electron chi connectivity index (χ1n) is 5.88. The molecule has 92 valence electrons. The Balaban J connectivity index is 2.59. The largest absolute Gasteiger partial charge is 0.368 e. The highest BCUT2D eigenvalue weighted by atomic mass is 15.1. The molecule has 5 nitrogen and oxygen atoms in total. The van der Waals surface area contributed by atoms with Crippen molar-refractivity contribution in [1.82, 2.24) is 19.5 Å². The molecule has 2 aromatic heterocycles. The van der Waals surface area contributed by atoms with Crippen LogP contribution in [0.25, 0.3) is 11.2 Å². The Morgan fingerprint density at radius 2 is 2.00 bits per heavy atom. The highest BCUT2D eigenvalue weighted by Gasteiger charge is 2.18. The lowest BCUT2D eigenvalue weighted by Crippen LogP contribution is -2.12. The summed E-state index contributed by atoms with van der Waals surface area (Å²) in [6.45, 7) is 9.42. The molecular formula is C12H19N5. The molecule has 0 saturated heterocycles. The lowest BCUT2D eigenvalue weighted by Gasteiger charge is -2.17. The van der Waals surface area contributed by atoms with Crippen LogP contribution in [0.5, 0.6) is 0 Å². The van der Waals surface area contributed by atoms with Gasteiger partial charge in [0.25, 0.3) is 0 Å². The Morgan fingerprint density at radius 1 is 1.29 bits per heavy atom. The minimum Gasteiger partial charge on any atom is -0.368 e. The zero-order valence-electron chi connectivity index (χ0n) is 10.9. The second-order valence-electron chi connectivity index (χ2n) is 5.47. The molecule has 17 heavy (non-hydrogen) atoms. The second kappa shape index (κ2) is 3.98. The van der Waals surface area contributed by atoms with Crippen LogP contribution in [0, 0.1) is 5.41 Å². The number of nitrogens with zero attached hydrogens (tertiary/aromatic N) is 4. The molecule has 0 spiro atoms. The third-order valence-electron chi connectivity index (χ3n) is 2.59. The zero-order chi connectivity index (χ0) is 12.6. The minimum absolute atomic E-state index is 0.156. The number of aryl methyl sites for hydroxylation is 1. The third-order valence-corrected chi connectivity index (χ3v) is 2.59. The molecule has 0 unspecified atom stereocenters. The average molecular weight is 233 g/mol. The van der Waals surface area contributed by atoms with E-state index in [2.05, 4.69) is 42.6 Å². The van der Waals surface area contributed by atoms with E-state index in [1.165, 1.54) is 0 Å². The average Bonchev–Trinajstić information content (AvgIpc) is 2.58. The molecule has 0 fully saturated rings. The summed E-state index contributed by atoms with van der Waals surface area (Å²) in [5, 5.41) is 0. The van der Waals surface area contributed by atoms with Crippen molar-refractivity contribution >= 4 is 17.1 Å². The molecular weight excluding hydrogens is 214 g/mol. The van der Waals surface area contributed by atoms with Crippen LogP contribution in [-0.4, -0.2) is 19.5 Å². The molecule has 0 aliphatic carbocycles. The van der Waals surface area contributed by atoms with Crippen LogP contribution in [0.1, 0.15) is 33.4 Å². The molecule has 0 amide bonds. The highest BCUT2D eigenvalue weighted by Crippen LogP contribution is 2.24. The molecule has 2 N–H and O–H groups in total. The van der Waals surface area contributed by atoms with Gasteiger partial charge in [-0.3, -0.25) is 0 Å². The van der Waals surface area contributed by atoms with Crippen LogP contribution in [-0.2, 0) is 13.0 Å². The summed E-state index contributed by atoms with van der Waals surface area (Å²) in [6.07, 6.45) is 2.64. The molecule has 0 saturated carbocycles. The first-order valence-corrected chi connectivity index (χ1v) is 5.88. The van der Waals surface area contributed by atoms with E-state index < -0.39 is 0 Å². The fourth-order valence-corrected chi connectivity index (χ4v) is 1.88. The minimum atomic E-state index is 0.156. The van der Waals surface area contributed by atoms with Crippen molar-refractivity contribution < 1.29 is 0 Å². The van der Waals surface area contributed by atoms with Crippen molar-refractivity contribution in [1.29, 1.82) is 0 Å². The fourth-order valence-electron chi connectivity index (χ4n) is 1.88. The van der Waals surface area contributed by atoms with Crippen LogP contribution in [0.15, 0.2) is 6.33 Å². The first-order chi connectivity index (χ1) is 7.90. The van der Waals surface area contributed by atoms with Crippen molar-refractivity contribution in [2.45, 2.75) is 40.7 Å². The van der Waals surface area contributed by atoms with Gasteiger partial charge in [0.1, 0.15) is 5.52 Å². The molecule has 0 radical (unpaired) electrons. The van der Waals surface area contributed by atoms with Crippen LogP contribution in [0.2, 0.25) is 0 Å². The predicted molar refractivity (Wildman–Crippen MR) is 68.6 cm³/mol. The summed E-state index contributed by atoms with van der Waals surface area (Å²) in [5.41, 5.74) is 8.56. The number of nitrogens with two attached hydrogens (primary N) is 1. The number of anilines is 1. The first kappa shape index (κ1) is 11.8. The molecule has 0 atom stereocenters. The molecule has 2 aromatic rings. The standard InChI is InChI=1S/C12H19N5/c1-5-17-7-14-9-8(6-12(2,3)4)15-11(13)16-10(9)17/h7H,5-6H2,1-4H3,(H2,13,15,16). The van der Waals surface area contributed by atoms with E-state index in [1.54, 1.807) is 6.33 Å². The molecule has 2 heterocycles. The second-order valence-corrected chi connectivity index (χ2v) is 5.47. The van der Waals surface area contributed by atoms with Crippen LogP contribution in [0.4, 0.5) is 5.95 Å². The maximum Gasteiger partial charge on any atom is 0.222 e. The quantitative estimate of drug-likeness (QED) is 0.861. The topological polar surface area (TPSA) is 69.6 Å². The monoisotopic (exact) mass is 233 g/mol. The maximum atomic E-state index is 5.76. The van der Waals surface area contributed by atoms with E-state index in [1.807, 2.05) is 4.57 Å². The number of hydrogen-bond acceptors (Lipinski definition) is 4. The zero-order valence-corrected chi connectivity index (χ0v) is 10.9.